The first kappa shape index (κ1) is 25.7. The van der Waals surface area contributed by atoms with Gasteiger partial charge in [0.1, 0.15) is 6.54 Å². The molecule has 33 heavy (non-hydrogen) atoms. The molecule has 1 amide bonds. The lowest BCUT2D eigenvalue weighted by Crippen LogP contribution is -2.41. The van der Waals surface area contributed by atoms with E-state index in [1.54, 1.807) is 60.3 Å². The maximum atomic E-state index is 13.2. The highest BCUT2D eigenvalue weighted by Crippen LogP contribution is 2.26. The van der Waals surface area contributed by atoms with Gasteiger partial charge in [-0.15, -0.1) is 0 Å². The van der Waals surface area contributed by atoms with Crippen molar-refractivity contribution < 1.29 is 13.2 Å². The van der Waals surface area contributed by atoms with E-state index in [2.05, 4.69) is 5.32 Å². The Balaban J connectivity index is 1.60. The molecule has 0 bridgehead atoms. The van der Waals surface area contributed by atoms with Crippen molar-refractivity contribution in [2.24, 2.45) is 0 Å². The molecule has 0 aliphatic carbocycles. The fraction of sp³-hybridized carbons (Fsp3) is 0.174. The summed E-state index contributed by atoms with van der Waals surface area (Å²) in [6.45, 7) is 0.0426. The van der Waals surface area contributed by atoms with Gasteiger partial charge in [0.15, 0.2) is 0 Å². The van der Waals surface area contributed by atoms with Crippen molar-refractivity contribution in [2.75, 3.05) is 23.1 Å². The number of amides is 1. The molecule has 0 unspecified atom stereocenters. The Morgan fingerprint density at radius 2 is 1.61 bits per heavy atom. The van der Waals surface area contributed by atoms with Crippen molar-refractivity contribution in [3.63, 3.8) is 0 Å². The number of anilines is 1. The zero-order valence-corrected chi connectivity index (χ0v) is 21.3. The van der Waals surface area contributed by atoms with E-state index in [-0.39, 0.29) is 11.4 Å². The summed E-state index contributed by atoms with van der Waals surface area (Å²) in [6, 6.07) is 19.8. The number of carbonyl (C=O) groups is 1. The van der Waals surface area contributed by atoms with Crippen molar-refractivity contribution in [1.82, 2.24) is 5.32 Å². The van der Waals surface area contributed by atoms with Gasteiger partial charge < -0.3 is 5.32 Å². The molecule has 1 N–H and O–H groups in total. The molecule has 0 saturated heterocycles. The normalized spacial score (nSPS) is 11.2. The average Bonchev–Trinajstić information content (AvgIpc) is 2.81. The lowest BCUT2D eigenvalue weighted by Gasteiger charge is -2.24. The standard InChI is InChI=1S/C23H21Cl3N2O3S2/c24-18-7-9-19(10-8-18)28(33(30,31)20-4-2-1-3-5-20)15-23(29)27-12-13-32-16-17-6-11-21(25)22(26)14-17/h1-11,14H,12-13,15-16H2,(H,27,29). The number of benzene rings is 3. The number of hydrogen-bond acceptors (Lipinski definition) is 4. The largest absolute Gasteiger partial charge is 0.354 e. The van der Waals surface area contributed by atoms with Crippen LogP contribution in [0, 0.1) is 0 Å². The molecule has 3 rings (SSSR count). The van der Waals surface area contributed by atoms with Crippen LogP contribution < -0.4 is 9.62 Å². The number of hydrogen-bond donors (Lipinski definition) is 1. The van der Waals surface area contributed by atoms with Crippen molar-refractivity contribution in [3.05, 3.63) is 93.4 Å². The molecule has 174 valence electrons. The van der Waals surface area contributed by atoms with Crippen molar-refractivity contribution in [1.29, 1.82) is 0 Å². The Morgan fingerprint density at radius 3 is 2.27 bits per heavy atom. The van der Waals surface area contributed by atoms with E-state index < -0.39 is 15.9 Å². The molecule has 3 aromatic rings. The smallest absolute Gasteiger partial charge is 0.264 e. The molecule has 0 aliphatic heterocycles. The van der Waals surface area contributed by atoms with E-state index in [4.69, 9.17) is 34.8 Å². The van der Waals surface area contributed by atoms with E-state index in [1.807, 2.05) is 12.1 Å². The van der Waals surface area contributed by atoms with Crippen LogP contribution in [0.4, 0.5) is 5.69 Å². The summed E-state index contributed by atoms with van der Waals surface area (Å²) < 4.78 is 27.5. The Kier molecular flexibility index (Phi) is 9.35. The monoisotopic (exact) mass is 542 g/mol. The van der Waals surface area contributed by atoms with Gasteiger partial charge in [-0.1, -0.05) is 59.1 Å². The first-order valence-corrected chi connectivity index (χ1v) is 13.6. The molecule has 0 saturated carbocycles. The number of rotatable bonds is 10. The number of carbonyl (C=O) groups excluding carboxylic acids is 1. The first-order valence-electron chi connectivity index (χ1n) is 9.89. The van der Waals surface area contributed by atoms with E-state index in [0.717, 1.165) is 9.87 Å². The van der Waals surface area contributed by atoms with Gasteiger partial charge in [0.05, 0.1) is 20.6 Å². The lowest BCUT2D eigenvalue weighted by atomic mass is 10.2. The molecule has 0 radical (unpaired) electrons. The zero-order chi connectivity index (χ0) is 23.8. The molecule has 0 fully saturated rings. The van der Waals surface area contributed by atoms with Crippen LogP contribution in [0.15, 0.2) is 77.7 Å². The fourth-order valence-corrected chi connectivity index (χ4v) is 5.61. The SMILES string of the molecule is O=C(CN(c1ccc(Cl)cc1)S(=O)(=O)c1ccccc1)NCCSCc1ccc(Cl)c(Cl)c1. The fourth-order valence-electron chi connectivity index (χ4n) is 2.91. The summed E-state index contributed by atoms with van der Waals surface area (Å²) in [6.07, 6.45) is 0. The predicted octanol–water partition coefficient (Wildman–Crippen LogP) is 5.89. The van der Waals surface area contributed by atoms with Gasteiger partial charge in [-0.2, -0.15) is 11.8 Å². The molecule has 0 aliphatic rings. The molecule has 5 nitrogen and oxygen atoms in total. The summed E-state index contributed by atoms with van der Waals surface area (Å²) in [5, 5.41) is 4.27. The summed E-state index contributed by atoms with van der Waals surface area (Å²) in [5.41, 5.74) is 1.39. The second kappa shape index (κ2) is 12.0. The van der Waals surface area contributed by atoms with Crippen LogP contribution in [0.5, 0.6) is 0 Å². The Hall–Kier alpha value is -1.90. The Morgan fingerprint density at radius 1 is 0.909 bits per heavy atom. The van der Waals surface area contributed by atoms with Crippen molar-refractivity contribution >= 4 is 68.2 Å². The minimum Gasteiger partial charge on any atom is -0.354 e. The minimum absolute atomic E-state index is 0.102. The van der Waals surface area contributed by atoms with Crippen LogP contribution in [0.25, 0.3) is 0 Å². The summed E-state index contributed by atoms with van der Waals surface area (Å²) >= 11 is 19.5. The molecule has 3 aromatic carbocycles. The molecule has 0 atom stereocenters. The van der Waals surface area contributed by atoms with Crippen LogP contribution in [0.3, 0.4) is 0 Å². The third kappa shape index (κ3) is 7.29. The van der Waals surface area contributed by atoms with Crippen molar-refractivity contribution in [2.45, 2.75) is 10.6 Å². The number of nitrogens with one attached hydrogen (secondary N) is 1. The van der Waals surface area contributed by atoms with Crippen LogP contribution >= 0.6 is 46.6 Å². The highest BCUT2D eigenvalue weighted by molar-refractivity contribution is 7.98. The number of sulfonamides is 1. The molecule has 0 aromatic heterocycles. The van der Waals surface area contributed by atoms with Crippen LogP contribution in [0.2, 0.25) is 15.1 Å². The maximum Gasteiger partial charge on any atom is 0.264 e. The van der Waals surface area contributed by atoms with Gasteiger partial charge in [0.25, 0.3) is 10.0 Å². The third-order valence-corrected chi connectivity index (χ3v) is 8.36. The second-order valence-corrected chi connectivity index (χ2v) is 11.2. The van der Waals surface area contributed by atoms with Crippen LogP contribution in [0.1, 0.15) is 5.56 Å². The highest BCUT2D eigenvalue weighted by atomic mass is 35.5. The predicted molar refractivity (Wildman–Crippen MR) is 138 cm³/mol. The Labute approximate surface area is 213 Å². The van der Waals surface area contributed by atoms with E-state index in [0.29, 0.717) is 38.8 Å². The topological polar surface area (TPSA) is 66.5 Å². The molecule has 10 heteroatoms. The van der Waals surface area contributed by atoms with E-state index in [1.165, 1.54) is 12.1 Å². The second-order valence-electron chi connectivity index (χ2n) is 6.95. The van der Waals surface area contributed by atoms with Gasteiger partial charge in [0, 0.05) is 23.1 Å². The molecule has 0 spiro atoms. The van der Waals surface area contributed by atoms with Crippen LogP contribution in [-0.4, -0.2) is 33.2 Å². The number of nitrogens with zero attached hydrogens (tertiary/aromatic N) is 1. The molecular weight excluding hydrogens is 523 g/mol. The molecular formula is C23H21Cl3N2O3S2. The summed E-state index contributed by atoms with van der Waals surface area (Å²) in [5.74, 6) is 0.962. The average molecular weight is 544 g/mol. The number of halogens is 3. The summed E-state index contributed by atoms with van der Waals surface area (Å²) in [7, 11) is -3.94. The lowest BCUT2D eigenvalue weighted by molar-refractivity contribution is -0.119. The highest BCUT2D eigenvalue weighted by Gasteiger charge is 2.27. The third-order valence-electron chi connectivity index (χ3n) is 4.55. The van der Waals surface area contributed by atoms with Gasteiger partial charge in [-0.05, 0) is 54.1 Å². The number of thioether (sulfide) groups is 1. The van der Waals surface area contributed by atoms with Gasteiger partial charge in [0.2, 0.25) is 5.91 Å². The molecule has 0 heterocycles. The van der Waals surface area contributed by atoms with Gasteiger partial charge in [-0.3, -0.25) is 9.10 Å². The van der Waals surface area contributed by atoms with Gasteiger partial charge in [-0.25, -0.2) is 8.42 Å². The Bertz CT molecular complexity index is 1190. The van der Waals surface area contributed by atoms with E-state index in [9.17, 15) is 13.2 Å². The summed E-state index contributed by atoms with van der Waals surface area (Å²) in [4.78, 5) is 12.7. The first-order chi connectivity index (χ1) is 15.8. The van der Waals surface area contributed by atoms with Crippen LogP contribution in [-0.2, 0) is 20.6 Å². The quantitative estimate of drug-likeness (QED) is 0.324. The maximum absolute atomic E-state index is 13.2. The van der Waals surface area contributed by atoms with Gasteiger partial charge >= 0.3 is 0 Å². The minimum atomic E-state index is -3.94. The zero-order valence-electron chi connectivity index (χ0n) is 17.4. The van der Waals surface area contributed by atoms with Crippen molar-refractivity contribution in [3.8, 4) is 0 Å². The van der Waals surface area contributed by atoms with E-state index >= 15 is 0 Å².